The Kier molecular flexibility index (Phi) is 5.09. The molecule has 1 N–H and O–H groups in total. The standard InChI is InChI=1S/C11H21NO/c1-3-10(8-12-4-2)7-11-5-6-13-9-11/h7,11-12H,3-6,8-9H2,1-2H3. The van der Waals surface area contributed by atoms with Gasteiger partial charge in [0.1, 0.15) is 0 Å². The van der Waals surface area contributed by atoms with Gasteiger partial charge in [0.25, 0.3) is 0 Å². The van der Waals surface area contributed by atoms with Crippen molar-refractivity contribution < 1.29 is 4.74 Å². The molecule has 0 aromatic rings. The largest absolute Gasteiger partial charge is 0.381 e. The summed E-state index contributed by atoms with van der Waals surface area (Å²) >= 11 is 0. The van der Waals surface area contributed by atoms with Gasteiger partial charge in [0.2, 0.25) is 0 Å². The normalized spacial score (nSPS) is 23.8. The number of hydrogen-bond acceptors (Lipinski definition) is 2. The minimum Gasteiger partial charge on any atom is -0.381 e. The second kappa shape index (κ2) is 6.17. The van der Waals surface area contributed by atoms with E-state index in [1.54, 1.807) is 0 Å². The van der Waals surface area contributed by atoms with Crippen LogP contribution >= 0.6 is 0 Å². The summed E-state index contributed by atoms with van der Waals surface area (Å²) in [7, 11) is 0. The van der Waals surface area contributed by atoms with Gasteiger partial charge in [-0.05, 0) is 19.4 Å². The van der Waals surface area contributed by atoms with Gasteiger partial charge < -0.3 is 10.1 Å². The molecular weight excluding hydrogens is 162 g/mol. The van der Waals surface area contributed by atoms with E-state index in [1.165, 1.54) is 12.0 Å². The molecule has 0 spiro atoms. The number of nitrogens with one attached hydrogen (secondary N) is 1. The van der Waals surface area contributed by atoms with Crippen molar-refractivity contribution in [2.45, 2.75) is 26.7 Å². The van der Waals surface area contributed by atoms with E-state index in [2.05, 4.69) is 25.2 Å². The Morgan fingerprint density at radius 3 is 2.92 bits per heavy atom. The lowest BCUT2D eigenvalue weighted by Crippen LogP contribution is -2.16. The van der Waals surface area contributed by atoms with Crippen molar-refractivity contribution >= 4 is 0 Å². The van der Waals surface area contributed by atoms with Gasteiger partial charge in [-0.2, -0.15) is 0 Å². The Labute approximate surface area is 81.4 Å². The van der Waals surface area contributed by atoms with Crippen LogP contribution in [0.25, 0.3) is 0 Å². The minimum atomic E-state index is 0.675. The molecule has 13 heavy (non-hydrogen) atoms. The quantitative estimate of drug-likeness (QED) is 0.658. The van der Waals surface area contributed by atoms with E-state index in [-0.39, 0.29) is 0 Å². The Morgan fingerprint density at radius 2 is 2.38 bits per heavy atom. The molecule has 1 fully saturated rings. The molecule has 0 bridgehead atoms. The summed E-state index contributed by atoms with van der Waals surface area (Å²) in [4.78, 5) is 0. The molecule has 76 valence electrons. The smallest absolute Gasteiger partial charge is 0.0529 e. The van der Waals surface area contributed by atoms with Crippen LogP contribution in [0.1, 0.15) is 26.7 Å². The van der Waals surface area contributed by atoms with Gasteiger partial charge in [0.15, 0.2) is 0 Å². The Bertz CT molecular complexity index is 159. The lowest BCUT2D eigenvalue weighted by Gasteiger charge is -2.08. The van der Waals surface area contributed by atoms with Crippen molar-refractivity contribution in [3.05, 3.63) is 11.6 Å². The average molecular weight is 183 g/mol. The highest BCUT2D eigenvalue weighted by Crippen LogP contribution is 2.16. The highest BCUT2D eigenvalue weighted by atomic mass is 16.5. The van der Waals surface area contributed by atoms with Crippen molar-refractivity contribution in [2.24, 2.45) is 5.92 Å². The summed E-state index contributed by atoms with van der Waals surface area (Å²) in [6, 6.07) is 0. The molecule has 1 unspecified atom stereocenters. The van der Waals surface area contributed by atoms with Gasteiger partial charge in [-0.15, -0.1) is 0 Å². The van der Waals surface area contributed by atoms with Gasteiger partial charge in [0, 0.05) is 19.1 Å². The summed E-state index contributed by atoms with van der Waals surface area (Å²) in [5, 5.41) is 3.36. The third kappa shape index (κ3) is 3.92. The molecule has 0 aromatic heterocycles. The third-order valence-electron chi connectivity index (χ3n) is 2.49. The van der Waals surface area contributed by atoms with E-state index in [1.807, 2.05) is 0 Å². The van der Waals surface area contributed by atoms with Crippen LogP contribution in [0, 0.1) is 5.92 Å². The second-order valence-corrected chi connectivity index (χ2v) is 3.58. The number of hydrogen-bond donors (Lipinski definition) is 1. The fourth-order valence-corrected chi connectivity index (χ4v) is 1.60. The van der Waals surface area contributed by atoms with Crippen LogP contribution in [-0.4, -0.2) is 26.3 Å². The topological polar surface area (TPSA) is 21.3 Å². The van der Waals surface area contributed by atoms with E-state index < -0.39 is 0 Å². The average Bonchev–Trinajstić information content (AvgIpc) is 2.64. The first-order valence-corrected chi connectivity index (χ1v) is 5.34. The zero-order valence-corrected chi connectivity index (χ0v) is 8.81. The van der Waals surface area contributed by atoms with Crippen molar-refractivity contribution in [1.29, 1.82) is 0 Å². The zero-order valence-electron chi connectivity index (χ0n) is 8.81. The molecule has 0 saturated carbocycles. The third-order valence-corrected chi connectivity index (χ3v) is 2.49. The number of rotatable bonds is 5. The molecule has 0 aliphatic carbocycles. The molecular formula is C11H21NO. The van der Waals surface area contributed by atoms with E-state index in [9.17, 15) is 0 Å². The maximum absolute atomic E-state index is 5.34. The van der Waals surface area contributed by atoms with Gasteiger partial charge >= 0.3 is 0 Å². The minimum absolute atomic E-state index is 0.675. The maximum Gasteiger partial charge on any atom is 0.0529 e. The van der Waals surface area contributed by atoms with Crippen molar-refractivity contribution in [3.63, 3.8) is 0 Å². The van der Waals surface area contributed by atoms with Crippen LogP contribution in [0.2, 0.25) is 0 Å². The monoisotopic (exact) mass is 183 g/mol. The molecule has 1 heterocycles. The molecule has 2 heteroatoms. The Hall–Kier alpha value is -0.340. The highest BCUT2D eigenvalue weighted by molar-refractivity contribution is 5.06. The maximum atomic E-state index is 5.34. The zero-order chi connectivity index (χ0) is 9.52. The lowest BCUT2D eigenvalue weighted by atomic mass is 10.0. The summed E-state index contributed by atoms with van der Waals surface area (Å²) in [6.07, 6.45) is 4.76. The first-order valence-electron chi connectivity index (χ1n) is 5.34. The molecule has 1 aliphatic heterocycles. The number of ether oxygens (including phenoxy) is 1. The SMILES string of the molecule is CCNCC(=CC1CCOC1)CC. The van der Waals surface area contributed by atoms with E-state index in [4.69, 9.17) is 4.74 Å². The van der Waals surface area contributed by atoms with Crippen LogP contribution in [0.5, 0.6) is 0 Å². The van der Waals surface area contributed by atoms with Gasteiger partial charge in [-0.25, -0.2) is 0 Å². The predicted molar refractivity (Wildman–Crippen MR) is 55.8 cm³/mol. The molecule has 0 radical (unpaired) electrons. The summed E-state index contributed by atoms with van der Waals surface area (Å²) < 4.78 is 5.34. The van der Waals surface area contributed by atoms with Crippen LogP contribution in [-0.2, 0) is 4.74 Å². The fourth-order valence-electron chi connectivity index (χ4n) is 1.60. The molecule has 1 aliphatic rings. The van der Waals surface area contributed by atoms with E-state index in [0.29, 0.717) is 5.92 Å². The van der Waals surface area contributed by atoms with Crippen molar-refractivity contribution in [1.82, 2.24) is 5.32 Å². The van der Waals surface area contributed by atoms with Gasteiger partial charge in [-0.3, -0.25) is 0 Å². The molecule has 1 saturated heterocycles. The fraction of sp³-hybridized carbons (Fsp3) is 0.818. The van der Waals surface area contributed by atoms with Crippen LogP contribution in [0.4, 0.5) is 0 Å². The molecule has 0 aromatic carbocycles. The summed E-state index contributed by atoms with van der Waals surface area (Å²) in [5.41, 5.74) is 1.53. The molecule has 2 nitrogen and oxygen atoms in total. The van der Waals surface area contributed by atoms with E-state index in [0.717, 1.165) is 32.7 Å². The Morgan fingerprint density at radius 1 is 1.54 bits per heavy atom. The van der Waals surface area contributed by atoms with Crippen LogP contribution in [0.3, 0.4) is 0 Å². The summed E-state index contributed by atoms with van der Waals surface area (Å²) in [5.74, 6) is 0.675. The van der Waals surface area contributed by atoms with Gasteiger partial charge in [0.05, 0.1) is 6.61 Å². The lowest BCUT2D eigenvalue weighted by molar-refractivity contribution is 0.191. The predicted octanol–water partition coefficient (Wildman–Crippen LogP) is 1.97. The van der Waals surface area contributed by atoms with Crippen molar-refractivity contribution in [2.75, 3.05) is 26.3 Å². The molecule has 0 amide bonds. The Balaban J connectivity index is 2.33. The van der Waals surface area contributed by atoms with E-state index >= 15 is 0 Å². The molecule has 1 atom stereocenters. The first-order chi connectivity index (χ1) is 6.36. The summed E-state index contributed by atoms with van der Waals surface area (Å²) in [6.45, 7) is 8.34. The first kappa shape index (κ1) is 10.7. The highest BCUT2D eigenvalue weighted by Gasteiger charge is 2.13. The van der Waals surface area contributed by atoms with Crippen LogP contribution < -0.4 is 5.32 Å². The van der Waals surface area contributed by atoms with Crippen molar-refractivity contribution in [3.8, 4) is 0 Å². The molecule has 1 rings (SSSR count). The second-order valence-electron chi connectivity index (χ2n) is 3.58. The van der Waals surface area contributed by atoms with Crippen LogP contribution in [0.15, 0.2) is 11.6 Å². The van der Waals surface area contributed by atoms with Gasteiger partial charge in [-0.1, -0.05) is 25.5 Å². The number of likely N-dealkylation sites (N-methyl/N-ethyl adjacent to an activating group) is 1.